The first-order chi connectivity index (χ1) is 9.22. The van der Waals surface area contributed by atoms with Crippen LogP contribution < -0.4 is 10.2 Å². The molecule has 0 radical (unpaired) electrons. The lowest BCUT2D eigenvalue weighted by Gasteiger charge is -2.09. The summed E-state index contributed by atoms with van der Waals surface area (Å²) in [6.07, 6.45) is 0. The monoisotopic (exact) mass is 254 g/mol. The van der Waals surface area contributed by atoms with Crippen molar-refractivity contribution in [2.75, 3.05) is 6.61 Å². The molecule has 3 heteroatoms. The third kappa shape index (κ3) is 1.78. The van der Waals surface area contributed by atoms with Gasteiger partial charge in [-0.25, -0.2) is 0 Å². The lowest BCUT2D eigenvalue weighted by atomic mass is 10.1. The van der Waals surface area contributed by atoms with E-state index in [1.165, 1.54) is 0 Å². The Hall–Kier alpha value is -2.29. The van der Waals surface area contributed by atoms with E-state index in [0.29, 0.717) is 34.3 Å². The summed E-state index contributed by atoms with van der Waals surface area (Å²) in [6, 6.07) is 11.0. The maximum Gasteiger partial charge on any atom is 0.200 e. The average Bonchev–Trinajstić information content (AvgIpc) is 2.42. The highest BCUT2D eigenvalue weighted by Crippen LogP contribution is 2.29. The molecule has 0 N–H and O–H groups in total. The van der Waals surface area contributed by atoms with Crippen molar-refractivity contribution in [1.82, 2.24) is 0 Å². The zero-order valence-electron chi connectivity index (χ0n) is 10.9. The van der Waals surface area contributed by atoms with Gasteiger partial charge in [-0.1, -0.05) is 18.2 Å². The van der Waals surface area contributed by atoms with Crippen molar-refractivity contribution >= 4 is 21.9 Å². The molecule has 0 unspecified atom stereocenters. The Morgan fingerprint density at radius 3 is 2.74 bits per heavy atom. The van der Waals surface area contributed by atoms with Crippen LogP contribution >= 0.6 is 0 Å². The normalized spacial score (nSPS) is 11.1. The fourth-order valence-electron chi connectivity index (χ4n) is 2.30. The van der Waals surface area contributed by atoms with Gasteiger partial charge in [-0.2, -0.15) is 0 Å². The van der Waals surface area contributed by atoms with E-state index >= 15 is 0 Å². The van der Waals surface area contributed by atoms with E-state index in [1.54, 1.807) is 12.1 Å². The Morgan fingerprint density at radius 1 is 1.16 bits per heavy atom. The van der Waals surface area contributed by atoms with Crippen molar-refractivity contribution in [3.05, 3.63) is 52.2 Å². The van der Waals surface area contributed by atoms with Crippen LogP contribution in [0.5, 0.6) is 5.75 Å². The summed E-state index contributed by atoms with van der Waals surface area (Å²) in [5.74, 6) is 0.617. The minimum atomic E-state index is -0.00379. The zero-order chi connectivity index (χ0) is 13.4. The fraction of sp³-hybridized carbons (Fsp3) is 0.188. The first-order valence-electron chi connectivity index (χ1n) is 6.30. The molecule has 0 bridgehead atoms. The Labute approximate surface area is 110 Å². The number of hydrogen-bond donors (Lipinski definition) is 0. The Morgan fingerprint density at radius 2 is 1.95 bits per heavy atom. The molecular formula is C16H14O3. The second kappa shape index (κ2) is 4.43. The molecule has 0 saturated carbocycles. The van der Waals surface area contributed by atoms with Gasteiger partial charge in [-0.15, -0.1) is 0 Å². The highest BCUT2D eigenvalue weighted by atomic mass is 16.5. The van der Waals surface area contributed by atoms with Gasteiger partial charge in [-0.3, -0.25) is 4.79 Å². The summed E-state index contributed by atoms with van der Waals surface area (Å²) in [5.41, 5.74) is 2.02. The molecule has 0 atom stereocenters. The van der Waals surface area contributed by atoms with Gasteiger partial charge in [0, 0.05) is 0 Å². The highest BCUT2D eigenvalue weighted by molar-refractivity contribution is 5.94. The molecule has 1 heterocycles. The van der Waals surface area contributed by atoms with E-state index in [-0.39, 0.29) is 5.43 Å². The molecule has 3 nitrogen and oxygen atoms in total. The van der Waals surface area contributed by atoms with Crippen LogP contribution in [-0.2, 0) is 0 Å². The summed E-state index contributed by atoms with van der Waals surface area (Å²) in [4.78, 5) is 12.5. The molecule has 1 aromatic heterocycles. The predicted molar refractivity (Wildman–Crippen MR) is 75.9 cm³/mol. The van der Waals surface area contributed by atoms with Crippen molar-refractivity contribution < 1.29 is 9.15 Å². The molecule has 0 spiro atoms. The molecule has 0 fully saturated rings. The molecular weight excluding hydrogens is 240 g/mol. The van der Waals surface area contributed by atoms with Crippen LogP contribution in [0.15, 0.2) is 45.6 Å². The number of rotatable bonds is 2. The van der Waals surface area contributed by atoms with E-state index in [2.05, 4.69) is 0 Å². The molecule has 19 heavy (non-hydrogen) atoms. The summed E-state index contributed by atoms with van der Waals surface area (Å²) >= 11 is 0. The van der Waals surface area contributed by atoms with E-state index in [0.717, 1.165) is 5.56 Å². The van der Waals surface area contributed by atoms with Gasteiger partial charge in [0.25, 0.3) is 0 Å². The SMILES string of the molecule is CCOc1ccc(C)c2c(=O)c3ccccc3oc12. The minimum absolute atomic E-state index is 0.00379. The van der Waals surface area contributed by atoms with E-state index < -0.39 is 0 Å². The molecule has 0 amide bonds. The predicted octanol–water partition coefficient (Wildman–Crippen LogP) is 3.65. The van der Waals surface area contributed by atoms with Crippen molar-refractivity contribution in [3.8, 4) is 5.75 Å². The lowest BCUT2D eigenvalue weighted by Crippen LogP contribution is -2.05. The van der Waals surface area contributed by atoms with E-state index in [4.69, 9.17) is 9.15 Å². The summed E-state index contributed by atoms with van der Waals surface area (Å²) in [7, 11) is 0. The maximum absolute atomic E-state index is 12.5. The van der Waals surface area contributed by atoms with Gasteiger partial charge >= 0.3 is 0 Å². The van der Waals surface area contributed by atoms with Crippen molar-refractivity contribution in [1.29, 1.82) is 0 Å². The largest absolute Gasteiger partial charge is 0.490 e. The molecule has 0 aliphatic rings. The van der Waals surface area contributed by atoms with E-state index in [1.807, 2.05) is 38.1 Å². The number of hydrogen-bond acceptors (Lipinski definition) is 3. The van der Waals surface area contributed by atoms with Crippen LogP contribution in [0.1, 0.15) is 12.5 Å². The zero-order valence-corrected chi connectivity index (χ0v) is 10.9. The van der Waals surface area contributed by atoms with Gasteiger partial charge in [0.15, 0.2) is 11.3 Å². The second-order valence-electron chi connectivity index (χ2n) is 4.45. The Kier molecular flexibility index (Phi) is 2.75. The molecule has 3 rings (SSSR count). The van der Waals surface area contributed by atoms with Gasteiger partial charge in [-0.05, 0) is 37.6 Å². The van der Waals surface area contributed by atoms with Gasteiger partial charge in [0.2, 0.25) is 5.43 Å². The standard InChI is InChI=1S/C16H14O3/c1-3-18-13-9-8-10(2)14-15(17)11-6-4-5-7-12(11)19-16(13)14/h4-9H,3H2,1-2H3. The van der Waals surface area contributed by atoms with Crippen molar-refractivity contribution in [3.63, 3.8) is 0 Å². The molecule has 0 aliphatic heterocycles. The maximum atomic E-state index is 12.5. The third-order valence-electron chi connectivity index (χ3n) is 3.20. The van der Waals surface area contributed by atoms with Crippen LogP contribution in [0.2, 0.25) is 0 Å². The highest BCUT2D eigenvalue weighted by Gasteiger charge is 2.13. The van der Waals surface area contributed by atoms with Crippen LogP contribution in [0.25, 0.3) is 21.9 Å². The van der Waals surface area contributed by atoms with Gasteiger partial charge in [0.1, 0.15) is 5.58 Å². The van der Waals surface area contributed by atoms with Crippen molar-refractivity contribution in [2.45, 2.75) is 13.8 Å². The number of benzene rings is 2. The van der Waals surface area contributed by atoms with Gasteiger partial charge < -0.3 is 9.15 Å². The lowest BCUT2D eigenvalue weighted by molar-refractivity contribution is 0.339. The Balaban J connectivity index is 2.53. The van der Waals surface area contributed by atoms with E-state index in [9.17, 15) is 4.79 Å². The molecule has 2 aromatic carbocycles. The summed E-state index contributed by atoms with van der Waals surface area (Å²) in [6.45, 7) is 4.35. The van der Waals surface area contributed by atoms with Crippen LogP contribution in [0.3, 0.4) is 0 Å². The molecule has 3 aromatic rings. The second-order valence-corrected chi connectivity index (χ2v) is 4.45. The minimum Gasteiger partial charge on any atom is -0.490 e. The average molecular weight is 254 g/mol. The van der Waals surface area contributed by atoms with Crippen molar-refractivity contribution in [2.24, 2.45) is 0 Å². The van der Waals surface area contributed by atoms with Crippen LogP contribution in [0, 0.1) is 6.92 Å². The van der Waals surface area contributed by atoms with Crippen LogP contribution in [-0.4, -0.2) is 6.61 Å². The smallest absolute Gasteiger partial charge is 0.200 e. The quantitative estimate of drug-likeness (QED) is 0.655. The molecule has 96 valence electrons. The number of para-hydroxylation sites is 1. The Bertz CT molecular complexity index is 815. The number of aryl methyl sites for hydroxylation is 1. The fourth-order valence-corrected chi connectivity index (χ4v) is 2.30. The molecule has 0 saturated heterocycles. The van der Waals surface area contributed by atoms with Crippen LogP contribution in [0.4, 0.5) is 0 Å². The summed E-state index contributed by atoms with van der Waals surface area (Å²) in [5, 5.41) is 1.20. The first kappa shape index (κ1) is 11.8. The number of ether oxygens (including phenoxy) is 1. The molecule has 0 aliphatic carbocycles. The third-order valence-corrected chi connectivity index (χ3v) is 3.20. The first-order valence-corrected chi connectivity index (χ1v) is 6.30. The van der Waals surface area contributed by atoms with Gasteiger partial charge in [0.05, 0.1) is 17.4 Å². The number of fused-ring (bicyclic) bond motifs is 2. The summed E-state index contributed by atoms with van der Waals surface area (Å²) < 4.78 is 11.4. The topological polar surface area (TPSA) is 39.4 Å².